The third kappa shape index (κ3) is 3.41. The van der Waals surface area contributed by atoms with E-state index in [2.05, 4.69) is 26.2 Å². The largest absolute Gasteiger partial charge is 0.379 e. The van der Waals surface area contributed by atoms with Gasteiger partial charge < -0.3 is 5.32 Å². The fraction of sp³-hybridized carbons (Fsp3) is 0.0833. The number of benzene rings is 1. The van der Waals surface area contributed by atoms with E-state index < -0.39 is 5.82 Å². The fourth-order valence-electron chi connectivity index (χ4n) is 1.35. The Labute approximate surface area is 112 Å². The number of nitrogens with zero attached hydrogens (tertiary/aromatic N) is 1. The predicted octanol–water partition coefficient (Wildman–Crippen LogP) is 4.25. The van der Waals surface area contributed by atoms with Crippen LogP contribution in [-0.2, 0) is 6.54 Å². The Morgan fingerprint density at radius 1 is 1.29 bits per heavy atom. The molecule has 0 amide bonds. The summed E-state index contributed by atoms with van der Waals surface area (Å²) in [6.07, 6.45) is 0. The van der Waals surface area contributed by atoms with E-state index in [1.165, 1.54) is 6.07 Å². The third-order valence-electron chi connectivity index (χ3n) is 2.17. The first-order valence-corrected chi connectivity index (χ1v) is 6.12. The third-order valence-corrected chi connectivity index (χ3v) is 2.90. The van der Waals surface area contributed by atoms with Crippen LogP contribution in [0.1, 0.15) is 5.69 Å². The van der Waals surface area contributed by atoms with E-state index in [-0.39, 0.29) is 5.02 Å². The molecular formula is C12H9BrClFN2. The maximum absolute atomic E-state index is 12.9. The molecule has 0 saturated heterocycles. The SMILES string of the molecule is Fc1ccc(NCc2cccc(Br)n2)cc1Cl. The average molecular weight is 316 g/mol. The van der Waals surface area contributed by atoms with Crippen molar-refractivity contribution in [2.45, 2.75) is 6.54 Å². The molecule has 0 aliphatic rings. The van der Waals surface area contributed by atoms with Gasteiger partial charge in [-0.25, -0.2) is 9.37 Å². The molecule has 2 aromatic rings. The highest BCUT2D eigenvalue weighted by molar-refractivity contribution is 9.10. The molecule has 0 radical (unpaired) electrons. The average Bonchev–Trinajstić information content (AvgIpc) is 2.31. The minimum Gasteiger partial charge on any atom is -0.379 e. The van der Waals surface area contributed by atoms with Gasteiger partial charge in [-0.05, 0) is 46.3 Å². The van der Waals surface area contributed by atoms with Crippen molar-refractivity contribution >= 4 is 33.2 Å². The van der Waals surface area contributed by atoms with E-state index >= 15 is 0 Å². The number of aromatic nitrogens is 1. The molecule has 2 nitrogen and oxygen atoms in total. The summed E-state index contributed by atoms with van der Waals surface area (Å²) in [7, 11) is 0. The minimum absolute atomic E-state index is 0.109. The molecule has 88 valence electrons. The molecule has 1 heterocycles. The van der Waals surface area contributed by atoms with Crippen molar-refractivity contribution < 1.29 is 4.39 Å². The summed E-state index contributed by atoms with van der Waals surface area (Å²) < 4.78 is 13.7. The smallest absolute Gasteiger partial charge is 0.141 e. The summed E-state index contributed by atoms with van der Waals surface area (Å²) >= 11 is 8.98. The number of hydrogen-bond acceptors (Lipinski definition) is 2. The van der Waals surface area contributed by atoms with Crippen LogP contribution in [0.25, 0.3) is 0 Å². The van der Waals surface area contributed by atoms with Crippen LogP contribution in [0.2, 0.25) is 5.02 Å². The Morgan fingerprint density at radius 3 is 2.82 bits per heavy atom. The lowest BCUT2D eigenvalue weighted by Gasteiger charge is -2.06. The molecule has 0 bridgehead atoms. The molecule has 0 aliphatic carbocycles. The molecule has 0 saturated carbocycles. The maximum atomic E-state index is 12.9. The summed E-state index contributed by atoms with van der Waals surface area (Å²) in [5, 5.41) is 3.23. The predicted molar refractivity (Wildman–Crippen MR) is 70.7 cm³/mol. The topological polar surface area (TPSA) is 24.9 Å². The van der Waals surface area contributed by atoms with Crippen LogP contribution >= 0.6 is 27.5 Å². The molecule has 1 aromatic carbocycles. The monoisotopic (exact) mass is 314 g/mol. The molecule has 0 spiro atoms. The van der Waals surface area contributed by atoms with Crippen LogP contribution in [0.5, 0.6) is 0 Å². The Balaban J connectivity index is 2.05. The Bertz CT molecular complexity index is 534. The summed E-state index contributed by atoms with van der Waals surface area (Å²) in [5.74, 6) is -0.419. The van der Waals surface area contributed by atoms with Gasteiger partial charge in [-0.15, -0.1) is 0 Å². The minimum atomic E-state index is -0.419. The zero-order valence-corrected chi connectivity index (χ0v) is 11.1. The highest BCUT2D eigenvalue weighted by Crippen LogP contribution is 2.19. The number of nitrogens with one attached hydrogen (secondary N) is 1. The maximum Gasteiger partial charge on any atom is 0.141 e. The first kappa shape index (κ1) is 12.3. The molecule has 0 fully saturated rings. The molecule has 0 unspecified atom stereocenters. The molecule has 5 heteroatoms. The first-order chi connectivity index (χ1) is 8.15. The van der Waals surface area contributed by atoms with Gasteiger partial charge in [-0.3, -0.25) is 0 Å². The lowest BCUT2D eigenvalue weighted by molar-refractivity contribution is 0.628. The van der Waals surface area contributed by atoms with Gasteiger partial charge in [0, 0.05) is 5.69 Å². The second kappa shape index (κ2) is 5.47. The summed E-state index contributed by atoms with van der Waals surface area (Å²) in [5.41, 5.74) is 1.65. The Hall–Kier alpha value is -1.13. The Morgan fingerprint density at radius 2 is 2.12 bits per heavy atom. The quantitative estimate of drug-likeness (QED) is 0.857. The van der Waals surface area contributed by atoms with Crippen molar-refractivity contribution in [2.24, 2.45) is 0 Å². The van der Waals surface area contributed by atoms with E-state index in [0.717, 1.165) is 16.0 Å². The van der Waals surface area contributed by atoms with Gasteiger partial charge in [-0.1, -0.05) is 17.7 Å². The second-order valence-corrected chi connectivity index (χ2v) is 4.65. The normalized spacial score (nSPS) is 10.3. The molecule has 0 aliphatic heterocycles. The van der Waals surface area contributed by atoms with Gasteiger partial charge >= 0.3 is 0 Å². The lowest BCUT2D eigenvalue weighted by atomic mass is 10.3. The number of hydrogen-bond donors (Lipinski definition) is 1. The van der Waals surface area contributed by atoms with E-state index in [0.29, 0.717) is 6.54 Å². The Kier molecular flexibility index (Phi) is 3.97. The van der Waals surface area contributed by atoms with Gasteiger partial charge in [0.25, 0.3) is 0 Å². The van der Waals surface area contributed by atoms with E-state index in [1.54, 1.807) is 12.1 Å². The van der Waals surface area contributed by atoms with Gasteiger partial charge in [0.05, 0.1) is 17.3 Å². The fourth-order valence-corrected chi connectivity index (χ4v) is 1.91. The molecule has 2 rings (SSSR count). The molecule has 1 aromatic heterocycles. The van der Waals surface area contributed by atoms with Gasteiger partial charge in [0.2, 0.25) is 0 Å². The first-order valence-electron chi connectivity index (χ1n) is 4.95. The van der Waals surface area contributed by atoms with Gasteiger partial charge in [-0.2, -0.15) is 0 Å². The summed E-state index contributed by atoms with van der Waals surface area (Å²) in [4.78, 5) is 4.28. The van der Waals surface area contributed by atoms with Crippen molar-refractivity contribution in [3.8, 4) is 0 Å². The number of anilines is 1. The summed E-state index contributed by atoms with van der Waals surface area (Å²) in [6, 6.07) is 10.2. The zero-order valence-electron chi connectivity index (χ0n) is 8.75. The van der Waals surface area contributed by atoms with Crippen LogP contribution in [-0.4, -0.2) is 4.98 Å². The molecule has 1 N–H and O–H groups in total. The van der Waals surface area contributed by atoms with Crippen LogP contribution < -0.4 is 5.32 Å². The second-order valence-electron chi connectivity index (χ2n) is 3.43. The molecule has 17 heavy (non-hydrogen) atoms. The van der Waals surface area contributed by atoms with Crippen LogP contribution in [0.4, 0.5) is 10.1 Å². The standard InChI is InChI=1S/C12H9BrClFN2/c13-12-3-1-2-9(17-12)7-16-8-4-5-11(15)10(14)6-8/h1-6,16H,7H2. The highest BCUT2D eigenvalue weighted by atomic mass is 79.9. The van der Waals surface area contributed by atoms with Crippen molar-refractivity contribution in [1.82, 2.24) is 4.98 Å². The lowest BCUT2D eigenvalue weighted by Crippen LogP contribution is -2.01. The highest BCUT2D eigenvalue weighted by Gasteiger charge is 2.01. The van der Waals surface area contributed by atoms with Crippen molar-refractivity contribution in [3.05, 3.63) is 57.5 Å². The van der Waals surface area contributed by atoms with Gasteiger partial charge in [0.1, 0.15) is 10.4 Å². The summed E-state index contributed by atoms with van der Waals surface area (Å²) in [6.45, 7) is 0.557. The number of halogens is 3. The van der Waals surface area contributed by atoms with E-state index in [9.17, 15) is 4.39 Å². The van der Waals surface area contributed by atoms with Crippen LogP contribution in [0.15, 0.2) is 41.0 Å². The molecular weight excluding hydrogens is 307 g/mol. The number of rotatable bonds is 3. The van der Waals surface area contributed by atoms with E-state index in [1.807, 2.05) is 18.2 Å². The van der Waals surface area contributed by atoms with Crippen molar-refractivity contribution in [3.63, 3.8) is 0 Å². The number of pyridine rings is 1. The molecule has 0 atom stereocenters. The van der Waals surface area contributed by atoms with Crippen LogP contribution in [0.3, 0.4) is 0 Å². The van der Waals surface area contributed by atoms with Gasteiger partial charge in [0.15, 0.2) is 0 Å². The van der Waals surface area contributed by atoms with E-state index in [4.69, 9.17) is 11.6 Å². The van der Waals surface area contributed by atoms with Crippen molar-refractivity contribution in [1.29, 1.82) is 0 Å². The zero-order chi connectivity index (χ0) is 12.3. The van der Waals surface area contributed by atoms with Crippen LogP contribution in [0, 0.1) is 5.82 Å². The van der Waals surface area contributed by atoms with Crippen molar-refractivity contribution in [2.75, 3.05) is 5.32 Å².